The summed E-state index contributed by atoms with van der Waals surface area (Å²) in [6, 6.07) is 10.1. The average molecular weight is 221 g/mol. The molecule has 1 aromatic heterocycles. The molecule has 0 saturated heterocycles. The van der Waals surface area contributed by atoms with E-state index in [1.165, 1.54) is 0 Å². The van der Waals surface area contributed by atoms with Crippen LogP contribution in [0.3, 0.4) is 0 Å². The van der Waals surface area contributed by atoms with Crippen LogP contribution in [0, 0.1) is 0 Å². The highest BCUT2D eigenvalue weighted by Crippen LogP contribution is 2.26. The molecule has 0 unspecified atom stereocenters. The number of aromatic nitrogens is 2. The summed E-state index contributed by atoms with van der Waals surface area (Å²) in [6.45, 7) is 4.20. The Morgan fingerprint density at radius 2 is 1.93 bits per heavy atom. The molecule has 15 heavy (non-hydrogen) atoms. The van der Waals surface area contributed by atoms with E-state index >= 15 is 0 Å². The molecule has 1 heterocycles. The van der Waals surface area contributed by atoms with Gasteiger partial charge in [0.15, 0.2) is 0 Å². The van der Waals surface area contributed by atoms with Crippen molar-refractivity contribution >= 4 is 11.6 Å². The van der Waals surface area contributed by atoms with Crippen LogP contribution < -0.4 is 0 Å². The smallest absolute Gasteiger partial charge is 0.0938 e. The van der Waals surface area contributed by atoms with E-state index in [1.54, 1.807) is 0 Å². The third-order valence-electron chi connectivity index (χ3n) is 2.29. The fourth-order valence-corrected chi connectivity index (χ4v) is 1.67. The summed E-state index contributed by atoms with van der Waals surface area (Å²) in [5.41, 5.74) is 1.91. The lowest BCUT2D eigenvalue weighted by molar-refractivity contribution is 0.534. The molecule has 0 fully saturated rings. The van der Waals surface area contributed by atoms with Gasteiger partial charge in [0.2, 0.25) is 0 Å². The highest BCUT2D eigenvalue weighted by Gasteiger charge is 2.06. The van der Waals surface area contributed by atoms with Crippen molar-refractivity contribution in [3.63, 3.8) is 0 Å². The standard InChI is InChI=1S/C12H13ClN2/c1-9(2)15-8-7-12(14-15)10-5-3-4-6-11(10)13/h3-9H,1-2H3. The molecular weight excluding hydrogens is 208 g/mol. The summed E-state index contributed by atoms with van der Waals surface area (Å²) in [4.78, 5) is 0. The summed E-state index contributed by atoms with van der Waals surface area (Å²) >= 11 is 6.10. The Morgan fingerprint density at radius 1 is 1.20 bits per heavy atom. The van der Waals surface area contributed by atoms with E-state index in [2.05, 4.69) is 18.9 Å². The van der Waals surface area contributed by atoms with Crippen molar-refractivity contribution in [2.24, 2.45) is 0 Å². The fourth-order valence-electron chi connectivity index (χ4n) is 1.44. The number of halogens is 1. The predicted octanol–water partition coefficient (Wildman–Crippen LogP) is 3.78. The molecule has 0 aliphatic carbocycles. The maximum Gasteiger partial charge on any atom is 0.0938 e. The molecule has 0 saturated carbocycles. The van der Waals surface area contributed by atoms with Gasteiger partial charge in [-0.15, -0.1) is 0 Å². The highest BCUT2D eigenvalue weighted by molar-refractivity contribution is 6.33. The van der Waals surface area contributed by atoms with E-state index in [-0.39, 0.29) is 0 Å². The van der Waals surface area contributed by atoms with E-state index < -0.39 is 0 Å². The van der Waals surface area contributed by atoms with Crippen molar-refractivity contribution in [1.29, 1.82) is 0 Å². The minimum Gasteiger partial charge on any atom is -0.270 e. The maximum atomic E-state index is 6.10. The van der Waals surface area contributed by atoms with Gasteiger partial charge in [-0.2, -0.15) is 5.10 Å². The zero-order valence-corrected chi connectivity index (χ0v) is 9.57. The quantitative estimate of drug-likeness (QED) is 0.753. The molecule has 0 aliphatic heterocycles. The van der Waals surface area contributed by atoms with Crippen molar-refractivity contribution in [3.8, 4) is 11.3 Å². The number of benzene rings is 1. The Labute approximate surface area is 94.5 Å². The van der Waals surface area contributed by atoms with Crippen LogP contribution in [0.1, 0.15) is 19.9 Å². The lowest BCUT2D eigenvalue weighted by atomic mass is 10.2. The van der Waals surface area contributed by atoms with Crippen LogP contribution in [-0.2, 0) is 0 Å². The highest BCUT2D eigenvalue weighted by atomic mass is 35.5. The Bertz CT molecular complexity index is 460. The van der Waals surface area contributed by atoms with Gasteiger partial charge in [-0.25, -0.2) is 0 Å². The largest absolute Gasteiger partial charge is 0.270 e. The van der Waals surface area contributed by atoms with E-state index in [0.717, 1.165) is 16.3 Å². The van der Waals surface area contributed by atoms with Gasteiger partial charge in [0, 0.05) is 17.8 Å². The summed E-state index contributed by atoms with van der Waals surface area (Å²) in [7, 11) is 0. The van der Waals surface area contributed by atoms with Crippen molar-refractivity contribution < 1.29 is 0 Å². The number of nitrogens with zero attached hydrogens (tertiary/aromatic N) is 2. The third kappa shape index (κ3) is 2.05. The van der Waals surface area contributed by atoms with E-state index in [0.29, 0.717) is 6.04 Å². The van der Waals surface area contributed by atoms with Crippen LogP contribution in [0.25, 0.3) is 11.3 Å². The number of hydrogen-bond donors (Lipinski definition) is 0. The second-order valence-electron chi connectivity index (χ2n) is 3.75. The lowest BCUT2D eigenvalue weighted by Gasteiger charge is -2.04. The normalized spacial score (nSPS) is 10.9. The van der Waals surface area contributed by atoms with E-state index in [1.807, 2.05) is 41.2 Å². The zero-order chi connectivity index (χ0) is 10.8. The Morgan fingerprint density at radius 3 is 2.53 bits per heavy atom. The van der Waals surface area contributed by atoms with Gasteiger partial charge >= 0.3 is 0 Å². The summed E-state index contributed by atoms with van der Waals surface area (Å²) in [5, 5.41) is 5.22. The Kier molecular flexibility index (Phi) is 2.78. The Balaban J connectivity index is 2.42. The molecule has 2 aromatic rings. The molecular formula is C12H13ClN2. The maximum absolute atomic E-state index is 6.10. The van der Waals surface area contributed by atoms with Crippen molar-refractivity contribution in [2.45, 2.75) is 19.9 Å². The Hall–Kier alpha value is -1.28. The van der Waals surface area contributed by atoms with Crippen LogP contribution in [-0.4, -0.2) is 9.78 Å². The molecule has 0 aliphatic rings. The molecule has 0 atom stereocenters. The topological polar surface area (TPSA) is 17.8 Å². The second-order valence-corrected chi connectivity index (χ2v) is 4.16. The minimum absolute atomic E-state index is 0.376. The van der Waals surface area contributed by atoms with Crippen molar-refractivity contribution in [2.75, 3.05) is 0 Å². The van der Waals surface area contributed by atoms with Crippen LogP contribution in [0.4, 0.5) is 0 Å². The molecule has 0 bridgehead atoms. The molecule has 0 N–H and O–H groups in total. The molecule has 78 valence electrons. The molecule has 1 aromatic carbocycles. The first-order chi connectivity index (χ1) is 7.18. The monoisotopic (exact) mass is 220 g/mol. The molecule has 3 heteroatoms. The van der Waals surface area contributed by atoms with Crippen LogP contribution in [0.5, 0.6) is 0 Å². The number of hydrogen-bond acceptors (Lipinski definition) is 1. The third-order valence-corrected chi connectivity index (χ3v) is 2.62. The fraction of sp³-hybridized carbons (Fsp3) is 0.250. The molecule has 2 rings (SSSR count). The van der Waals surface area contributed by atoms with Gasteiger partial charge in [0.1, 0.15) is 0 Å². The second kappa shape index (κ2) is 4.07. The summed E-state index contributed by atoms with van der Waals surface area (Å²) < 4.78 is 1.93. The molecule has 0 amide bonds. The van der Waals surface area contributed by atoms with Crippen LogP contribution in [0.2, 0.25) is 5.02 Å². The summed E-state index contributed by atoms with van der Waals surface area (Å²) in [5.74, 6) is 0. The van der Waals surface area contributed by atoms with E-state index in [9.17, 15) is 0 Å². The van der Waals surface area contributed by atoms with Crippen LogP contribution >= 0.6 is 11.6 Å². The van der Waals surface area contributed by atoms with Gasteiger partial charge in [-0.3, -0.25) is 4.68 Å². The van der Waals surface area contributed by atoms with Gasteiger partial charge in [0.25, 0.3) is 0 Å². The van der Waals surface area contributed by atoms with Gasteiger partial charge in [-0.05, 0) is 26.0 Å². The number of rotatable bonds is 2. The van der Waals surface area contributed by atoms with E-state index in [4.69, 9.17) is 11.6 Å². The van der Waals surface area contributed by atoms with Gasteiger partial charge < -0.3 is 0 Å². The molecule has 0 spiro atoms. The SMILES string of the molecule is CC(C)n1ccc(-c2ccccc2Cl)n1. The average Bonchev–Trinajstić information content (AvgIpc) is 2.67. The van der Waals surface area contributed by atoms with Gasteiger partial charge in [0.05, 0.1) is 10.7 Å². The van der Waals surface area contributed by atoms with Crippen molar-refractivity contribution in [1.82, 2.24) is 9.78 Å². The first-order valence-corrected chi connectivity index (χ1v) is 5.36. The zero-order valence-electron chi connectivity index (χ0n) is 8.81. The minimum atomic E-state index is 0.376. The summed E-state index contributed by atoms with van der Waals surface area (Å²) in [6.07, 6.45) is 1.98. The molecule has 0 radical (unpaired) electrons. The lowest BCUT2D eigenvalue weighted by Crippen LogP contribution is -2.00. The van der Waals surface area contributed by atoms with Gasteiger partial charge in [-0.1, -0.05) is 29.8 Å². The first kappa shape index (κ1) is 10.2. The first-order valence-electron chi connectivity index (χ1n) is 4.98. The van der Waals surface area contributed by atoms with Crippen LogP contribution in [0.15, 0.2) is 36.5 Å². The van der Waals surface area contributed by atoms with Crippen molar-refractivity contribution in [3.05, 3.63) is 41.6 Å². The molecule has 2 nitrogen and oxygen atoms in total. The predicted molar refractivity (Wildman–Crippen MR) is 63.1 cm³/mol.